The lowest BCUT2D eigenvalue weighted by atomic mass is 9.85. The number of thiophene rings is 1. The molecule has 1 N–H and O–H groups in total. The van der Waals surface area contributed by atoms with Gasteiger partial charge in [-0.15, -0.1) is 11.3 Å². The highest BCUT2D eigenvalue weighted by atomic mass is 32.1. The quantitative estimate of drug-likeness (QED) is 0.239. The Kier molecular flexibility index (Phi) is 7.66. The third-order valence-electron chi connectivity index (χ3n) is 7.68. The van der Waals surface area contributed by atoms with Crippen LogP contribution in [0.3, 0.4) is 0 Å². The summed E-state index contributed by atoms with van der Waals surface area (Å²) in [5, 5.41) is 10.9. The average molecular weight is 513 g/mol. The predicted octanol–water partition coefficient (Wildman–Crippen LogP) is 9.46. The van der Waals surface area contributed by atoms with Gasteiger partial charge < -0.3 is 9.84 Å². The molecule has 0 saturated heterocycles. The molecule has 0 radical (unpaired) electrons. The molecule has 0 aliphatic heterocycles. The number of ketones is 1. The van der Waals surface area contributed by atoms with Gasteiger partial charge in [0.25, 0.3) is 0 Å². The SMILES string of the molecule is Cc1cc(C)c(C(=O)c2sc3cc(O)ccc3c2Oc2ccc(CCCC3CCCCC3)cc2)c(C)c1. The standard InChI is InChI=1S/C33H36O3S/c1-21-18-22(2)30(23(3)19-21)31(35)33-32(28-17-14-26(34)20-29(28)37-33)36-27-15-12-25(13-16-27)11-7-10-24-8-5-4-6-9-24/h12-20,24,34H,4-11H2,1-3H3. The molecule has 3 nitrogen and oxygen atoms in total. The van der Waals surface area contributed by atoms with E-state index in [9.17, 15) is 9.90 Å². The molecule has 4 heteroatoms. The van der Waals surface area contributed by atoms with Gasteiger partial charge in [0.1, 0.15) is 16.4 Å². The summed E-state index contributed by atoms with van der Waals surface area (Å²) in [7, 11) is 0. The van der Waals surface area contributed by atoms with Crippen molar-refractivity contribution in [1.29, 1.82) is 0 Å². The highest BCUT2D eigenvalue weighted by Gasteiger charge is 2.25. The van der Waals surface area contributed by atoms with E-state index in [0.29, 0.717) is 10.6 Å². The number of benzene rings is 3. The summed E-state index contributed by atoms with van der Waals surface area (Å²) >= 11 is 1.38. The zero-order chi connectivity index (χ0) is 25.9. The van der Waals surface area contributed by atoms with Crippen molar-refractivity contribution in [2.75, 3.05) is 0 Å². The van der Waals surface area contributed by atoms with Crippen molar-refractivity contribution in [2.24, 2.45) is 5.92 Å². The maximum atomic E-state index is 13.8. The van der Waals surface area contributed by atoms with Crippen LogP contribution in [0.15, 0.2) is 54.6 Å². The lowest BCUT2D eigenvalue weighted by Crippen LogP contribution is -2.06. The molecule has 1 aliphatic carbocycles. The highest BCUT2D eigenvalue weighted by molar-refractivity contribution is 7.21. The smallest absolute Gasteiger partial charge is 0.207 e. The van der Waals surface area contributed by atoms with E-state index in [1.54, 1.807) is 12.1 Å². The lowest BCUT2D eigenvalue weighted by Gasteiger charge is -2.21. The number of hydrogen-bond donors (Lipinski definition) is 1. The van der Waals surface area contributed by atoms with Gasteiger partial charge in [0, 0.05) is 15.6 Å². The lowest BCUT2D eigenvalue weighted by molar-refractivity contribution is 0.103. The first kappa shape index (κ1) is 25.5. The summed E-state index contributed by atoms with van der Waals surface area (Å²) in [4.78, 5) is 14.4. The summed E-state index contributed by atoms with van der Waals surface area (Å²) in [6.45, 7) is 6.02. The second-order valence-electron chi connectivity index (χ2n) is 10.7. The molecule has 4 aromatic rings. The highest BCUT2D eigenvalue weighted by Crippen LogP contribution is 2.43. The van der Waals surface area contributed by atoms with Crippen LogP contribution in [0.2, 0.25) is 0 Å². The number of hydrogen-bond acceptors (Lipinski definition) is 4. The van der Waals surface area contributed by atoms with E-state index in [1.165, 1.54) is 61.8 Å². The van der Waals surface area contributed by atoms with Crippen molar-refractivity contribution in [3.8, 4) is 17.2 Å². The molecule has 0 unspecified atom stereocenters. The van der Waals surface area contributed by atoms with E-state index in [-0.39, 0.29) is 11.5 Å². The van der Waals surface area contributed by atoms with Crippen molar-refractivity contribution in [1.82, 2.24) is 0 Å². The van der Waals surface area contributed by atoms with E-state index in [4.69, 9.17) is 4.74 Å². The van der Waals surface area contributed by atoms with E-state index < -0.39 is 0 Å². The van der Waals surface area contributed by atoms with Crippen molar-refractivity contribution in [3.05, 3.63) is 87.3 Å². The molecule has 0 atom stereocenters. The van der Waals surface area contributed by atoms with Crippen LogP contribution in [0.5, 0.6) is 17.2 Å². The van der Waals surface area contributed by atoms with Gasteiger partial charge in [-0.3, -0.25) is 4.79 Å². The van der Waals surface area contributed by atoms with Crippen molar-refractivity contribution < 1.29 is 14.6 Å². The molecule has 0 bridgehead atoms. The topological polar surface area (TPSA) is 46.5 Å². The van der Waals surface area contributed by atoms with E-state index in [0.717, 1.165) is 50.4 Å². The van der Waals surface area contributed by atoms with Crippen molar-refractivity contribution >= 4 is 27.2 Å². The normalized spacial score (nSPS) is 14.2. The zero-order valence-electron chi connectivity index (χ0n) is 22.1. The summed E-state index contributed by atoms with van der Waals surface area (Å²) in [6.07, 6.45) is 10.7. The average Bonchev–Trinajstić information content (AvgIpc) is 3.22. The van der Waals surface area contributed by atoms with Crippen LogP contribution in [0.25, 0.3) is 10.1 Å². The number of phenols is 1. The molecule has 1 aliphatic rings. The molecule has 1 heterocycles. The molecule has 3 aromatic carbocycles. The van der Waals surface area contributed by atoms with E-state index in [2.05, 4.69) is 12.1 Å². The zero-order valence-corrected chi connectivity index (χ0v) is 22.9. The van der Waals surface area contributed by atoms with Crippen LogP contribution in [0, 0.1) is 26.7 Å². The van der Waals surface area contributed by atoms with Crippen molar-refractivity contribution in [2.45, 2.75) is 72.1 Å². The Bertz CT molecular complexity index is 1380. The first-order valence-corrected chi connectivity index (χ1v) is 14.4. The number of rotatable bonds is 8. The number of carbonyl (C=O) groups excluding carboxylic acids is 1. The van der Waals surface area contributed by atoms with Gasteiger partial charge in [0.2, 0.25) is 5.78 Å². The fraction of sp³-hybridized carbons (Fsp3) is 0.364. The molecular formula is C33H36O3S. The molecular weight excluding hydrogens is 476 g/mol. The Balaban J connectivity index is 1.39. The number of fused-ring (bicyclic) bond motifs is 1. The Hall–Kier alpha value is -3.11. The molecule has 0 amide bonds. The van der Waals surface area contributed by atoms with Gasteiger partial charge in [-0.05, 0) is 86.6 Å². The Morgan fingerprint density at radius 2 is 1.65 bits per heavy atom. The number of aromatic hydroxyl groups is 1. The monoisotopic (exact) mass is 512 g/mol. The third kappa shape index (κ3) is 5.75. The fourth-order valence-corrected chi connectivity index (χ4v) is 6.99. The van der Waals surface area contributed by atoms with Gasteiger partial charge in [0.15, 0.2) is 5.75 Å². The maximum absolute atomic E-state index is 13.8. The van der Waals surface area contributed by atoms with Gasteiger partial charge in [0.05, 0.1) is 0 Å². The second kappa shape index (κ2) is 11.1. The molecule has 37 heavy (non-hydrogen) atoms. The van der Waals surface area contributed by atoms with Crippen LogP contribution in [0.4, 0.5) is 0 Å². The molecule has 0 spiro atoms. The summed E-state index contributed by atoms with van der Waals surface area (Å²) in [5.41, 5.74) is 5.12. The van der Waals surface area contributed by atoms with Crippen LogP contribution < -0.4 is 4.74 Å². The molecule has 1 saturated carbocycles. The Morgan fingerprint density at radius 1 is 0.946 bits per heavy atom. The molecule has 192 valence electrons. The number of aryl methyl sites for hydroxylation is 4. The van der Waals surface area contributed by atoms with Gasteiger partial charge >= 0.3 is 0 Å². The number of carbonyl (C=O) groups is 1. The predicted molar refractivity (Wildman–Crippen MR) is 154 cm³/mol. The largest absolute Gasteiger partial charge is 0.508 e. The molecule has 1 fully saturated rings. The van der Waals surface area contributed by atoms with Crippen LogP contribution in [-0.2, 0) is 6.42 Å². The summed E-state index contributed by atoms with van der Waals surface area (Å²) < 4.78 is 7.24. The van der Waals surface area contributed by atoms with Crippen LogP contribution in [0.1, 0.15) is 82.4 Å². The van der Waals surface area contributed by atoms with E-state index in [1.807, 2.05) is 51.1 Å². The minimum atomic E-state index is -0.0370. The molecule has 1 aromatic heterocycles. The first-order chi connectivity index (χ1) is 17.9. The second-order valence-corrected chi connectivity index (χ2v) is 11.7. The summed E-state index contributed by atoms with van der Waals surface area (Å²) in [5.74, 6) is 2.34. The van der Waals surface area contributed by atoms with E-state index >= 15 is 0 Å². The maximum Gasteiger partial charge on any atom is 0.207 e. The Labute approximate surface area is 224 Å². The number of ether oxygens (including phenoxy) is 1. The third-order valence-corrected chi connectivity index (χ3v) is 8.82. The minimum Gasteiger partial charge on any atom is -0.508 e. The number of phenolic OH excluding ortho intramolecular Hbond substituents is 1. The van der Waals surface area contributed by atoms with Crippen LogP contribution >= 0.6 is 11.3 Å². The van der Waals surface area contributed by atoms with Crippen molar-refractivity contribution in [3.63, 3.8) is 0 Å². The Morgan fingerprint density at radius 3 is 2.35 bits per heavy atom. The van der Waals surface area contributed by atoms with Gasteiger partial charge in [-0.25, -0.2) is 0 Å². The summed E-state index contributed by atoms with van der Waals surface area (Å²) in [6, 6.07) is 17.6. The first-order valence-electron chi connectivity index (χ1n) is 13.5. The van der Waals surface area contributed by atoms with Gasteiger partial charge in [-0.1, -0.05) is 68.4 Å². The fourth-order valence-electron chi connectivity index (χ4n) is 5.88. The molecule has 5 rings (SSSR count). The minimum absolute atomic E-state index is 0.0370. The van der Waals surface area contributed by atoms with Gasteiger partial charge in [-0.2, -0.15) is 0 Å². The van der Waals surface area contributed by atoms with Crippen LogP contribution in [-0.4, -0.2) is 10.9 Å².